The second kappa shape index (κ2) is 4.28. The summed E-state index contributed by atoms with van der Waals surface area (Å²) in [6.45, 7) is 0. The predicted molar refractivity (Wildman–Crippen MR) is 67.7 cm³/mol. The molecule has 0 saturated carbocycles. The lowest BCUT2D eigenvalue weighted by atomic mass is 10.1. The molecular weight excluding hydrogens is 247 g/mol. The van der Waals surface area contributed by atoms with Crippen molar-refractivity contribution < 1.29 is 0 Å². The maximum Gasteiger partial charge on any atom is 0.0772 e. The van der Waals surface area contributed by atoms with Crippen molar-refractivity contribution in [1.29, 1.82) is 0 Å². The van der Waals surface area contributed by atoms with Gasteiger partial charge in [0.05, 0.1) is 4.88 Å². The van der Waals surface area contributed by atoms with E-state index in [9.17, 15) is 0 Å². The molecular formula is C12H6Cl2S. The lowest BCUT2D eigenvalue weighted by Gasteiger charge is -1.99. The minimum atomic E-state index is 0.631. The van der Waals surface area contributed by atoms with E-state index in [1.54, 1.807) is 6.07 Å². The summed E-state index contributed by atoms with van der Waals surface area (Å²) >= 11 is 13.4. The Bertz CT molecular complexity index is 515. The molecule has 2 aromatic rings. The summed E-state index contributed by atoms with van der Waals surface area (Å²) in [6, 6.07) is 7.40. The van der Waals surface area contributed by atoms with Crippen LogP contribution >= 0.6 is 34.5 Å². The van der Waals surface area contributed by atoms with Crippen LogP contribution in [0.4, 0.5) is 0 Å². The van der Waals surface area contributed by atoms with Crippen molar-refractivity contribution in [1.82, 2.24) is 0 Å². The minimum absolute atomic E-state index is 0.631. The summed E-state index contributed by atoms with van der Waals surface area (Å²) in [7, 11) is 0. The number of thiophene rings is 1. The molecule has 0 spiro atoms. The van der Waals surface area contributed by atoms with Crippen molar-refractivity contribution in [3.05, 3.63) is 44.6 Å². The second-order valence-electron chi connectivity index (χ2n) is 3.00. The number of hydrogen-bond acceptors (Lipinski definition) is 1. The van der Waals surface area contributed by atoms with Gasteiger partial charge in [0, 0.05) is 10.0 Å². The number of hydrogen-bond donors (Lipinski definition) is 0. The summed E-state index contributed by atoms with van der Waals surface area (Å²) in [6.07, 6.45) is 5.31. The van der Waals surface area contributed by atoms with Gasteiger partial charge < -0.3 is 0 Å². The Morgan fingerprint density at radius 2 is 1.67 bits per heavy atom. The fourth-order valence-corrected chi connectivity index (χ4v) is 2.53. The Balaban J connectivity index is 2.50. The summed E-state index contributed by atoms with van der Waals surface area (Å²) < 4.78 is 0. The molecule has 0 N–H and O–H groups in total. The maximum absolute atomic E-state index is 5.92. The van der Waals surface area contributed by atoms with Crippen LogP contribution in [0.1, 0.15) is 4.88 Å². The molecule has 1 aromatic heterocycles. The van der Waals surface area contributed by atoms with Gasteiger partial charge in [0.15, 0.2) is 0 Å². The molecule has 2 rings (SSSR count). The smallest absolute Gasteiger partial charge is 0.0772 e. The first kappa shape index (κ1) is 10.6. The summed E-state index contributed by atoms with van der Waals surface area (Å²) in [5.74, 6) is 2.60. The van der Waals surface area contributed by atoms with Crippen LogP contribution in [-0.2, 0) is 0 Å². The van der Waals surface area contributed by atoms with Crippen LogP contribution < -0.4 is 0 Å². The molecule has 0 unspecified atom stereocenters. The van der Waals surface area contributed by atoms with Gasteiger partial charge in [-0.2, -0.15) is 0 Å². The Morgan fingerprint density at radius 1 is 1.00 bits per heavy atom. The predicted octanol–water partition coefficient (Wildman–Crippen LogP) is 4.70. The Labute approximate surface area is 102 Å². The van der Waals surface area contributed by atoms with E-state index in [1.807, 2.05) is 23.6 Å². The van der Waals surface area contributed by atoms with Crippen LogP contribution in [0.2, 0.25) is 10.0 Å². The van der Waals surface area contributed by atoms with Crippen LogP contribution in [-0.4, -0.2) is 0 Å². The molecule has 0 aliphatic rings. The van der Waals surface area contributed by atoms with Crippen LogP contribution in [0, 0.1) is 12.3 Å². The third kappa shape index (κ3) is 2.35. The van der Waals surface area contributed by atoms with Crippen molar-refractivity contribution in [2.45, 2.75) is 0 Å². The van der Waals surface area contributed by atoms with Crippen molar-refractivity contribution in [2.24, 2.45) is 0 Å². The van der Waals surface area contributed by atoms with Crippen LogP contribution in [0.3, 0.4) is 0 Å². The van der Waals surface area contributed by atoms with E-state index < -0.39 is 0 Å². The number of halogens is 2. The van der Waals surface area contributed by atoms with E-state index in [0.717, 1.165) is 16.0 Å². The number of rotatable bonds is 1. The zero-order valence-corrected chi connectivity index (χ0v) is 9.96. The van der Waals surface area contributed by atoms with E-state index in [0.29, 0.717) is 10.0 Å². The van der Waals surface area contributed by atoms with Gasteiger partial charge in [-0.1, -0.05) is 29.1 Å². The average Bonchev–Trinajstić information content (AvgIpc) is 2.64. The highest BCUT2D eigenvalue weighted by molar-refractivity contribution is 7.11. The lowest BCUT2D eigenvalue weighted by molar-refractivity contribution is 1.67. The molecule has 0 radical (unpaired) electrons. The van der Waals surface area contributed by atoms with Gasteiger partial charge in [-0.15, -0.1) is 17.8 Å². The molecule has 0 atom stereocenters. The zero-order valence-electron chi connectivity index (χ0n) is 7.63. The van der Waals surface area contributed by atoms with Gasteiger partial charge in [0.1, 0.15) is 0 Å². The van der Waals surface area contributed by atoms with Crippen molar-refractivity contribution >= 4 is 34.5 Å². The van der Waals surface area contributed by atoms with Crippen molar-refractivity contribution in [2.75, 3.05) is 0 Å². The first-order valence-corrected chi connectivity index (χ1v) is 5.84. The zero-order chi connectivity index (χ0) is 10.8. The molecule has 0 fully saturated rings. The Hall–Kier alpha value is -0.940. The van der Waals surface area contributed by atoms with E-state index in [1.165, 1.54) is 11.3 Å². The molecule has 1 aromatic carbocycles. The van der Waals surface area contributed by atoms with Gasteiger partial charge >= 0.3 is 0 Å². The summed E-state index contributed by atoms with van der Waals surface area (Å²) in [5.41, 5.74) is 2.04. The highest BCUT2D eigenvalue weighted by Crippen LogP contribution is 2.30. The molecule has 1 heterocycles. The standard InChI is InChI=1S/C12H6Cl2S/c1-2-12-5-9(7-15-12)8-3-10(13)6-11(14)4-8/h1,3-7H. The number of benzene rings is 1. The van der Waals surface area contributed by atoms with Gasteiger partial charge in [-0.3, -0.25) is 0 Å². The normalized spacial score (nSPS) is 9.93. The summed E-state index contributed by atoms with van der Waals surface area (Å²) in [4.78, 5) is 0.904. The van der Waals surface area contributed by atoms with Gasteiger partial charge in [0.25, 0.3) is 0 Å². The maximum atomic E-state index is 5.92. The molecule has 0 aliphatic carbocycles. The highest BCUT2D eigenvalue weighted by Gasteiger charge is 2.03. The van der Waals surface area contributed by atoms with Crippen LogP contribution in [0.5, 0.6) is 0 Å². The number of terminal acetylenes is 1. The quantitative estimate of drug-likeness (QED) is 0.646. The third-order valence-corrected chi connectivity index (χ3v) is 3.24. The van der Waals surface area contributed by atoms with Crippen molar-refractivity contribution in [3.63, 3.8) is 0 Å². The topological polar surface area (TPSA) is 0 Å². The lowest BCUT2D eigenvalue weighted by Crippen LogP contribution is -1.74. The Kier molecular flexibility index (Phi) is 3.02. The van der Waals surface area contributed by atoms with Gasteiger partial charge in [-0.05, 0) is 40.8 Å². The molecule has 0 saturated heterocycles. The molecule has 3 heteroatoms. The van der Waals surface area contributed by atoms with E-state index in [2.05, 4.69) is 5.92 Å². The Morgan fingerprint density at radius 3 is 2.20 bits per heavy atom. The molecule has 15 heavy (non-hydrogen) atoms. The fraction of sp³-hybridized carbons (Fsp3) is 0. The van der Waals surface area contributed by atoms with E-state index in [4.69, 9.17) is 29.6 Å². The first-order chi connectivity index (χ1) is 7.19. The molecule has 0 aliphatic heterocycles. The molecule has 0 bridgehead atoms. The van der Waals surface area contributed by atoms with Crippen LogP contribution in [0.25, 0.3) is 11.1 Å². The minimum Gasteiger partial charge on any atom is -0.135 e. The molecule has 74 valence electrons. The molecule has 0 nitrogen and oxygen atoms in total. The first-order valence-electron chi connectivity index (χ1n) is 4.20. The third-order valence-electron chi connectivity index (χ3n) is 1.94. The molecule has 0 amide bonds. The fourth-order valence-electron chi connectivity index (χ4n) is 1.28. The average molecular weight is 253 g/mol. The van der Waals surface area contributed by atoms with E-state index in [-0.39, 0.29) is 0 Å². The van der Waals surface area contributed by atoms with Gasteiger partial charge in [0.2, 0.25) is 0 Å². The second-order valence-corrected chi connectivity index (χ2v) is 4.79. The summed E-state index contributed by atoms with van der Waals surface area (Å²) in [5, 5.41) is 3.26. The SMILES string of the molecule is C#Cc1cc(-c2cc(Cl)cc(Cl)c2)cs1. The van der Waals surface area contributed by atoms with Crippen LogP contribution in [0.15, 0.2) is 29.6 Å². The monoisotopic (exact) mass is 252 g/mol. The largest absolute Gasteiger partial charge is 0.135 e. The highest BCUT2D eigenvalue weighted by atomic mass is 35.5. The van der Waals surface area contributed by atoms with E-state index >= 15 is 0 Å². The van der Waals surface area contributed by atoms with Crippen molar-refractivity contribution in [3.8, 4) is 23.5 Å². The van der Waals surface area contributed by atoms with Gasteiger partial charge in [-0.25, -0.2) is 0 Å².